The van der Waals surface area contributed by atoms with E-state index in [2.05, 4.69) is 46.1 Å². The Kier molecular flexibility index (Phi) is 4.78. The van der Waals surface area contributed by atoms with Crippen molar-refractivity contribution in [3.05, 3.63) is 36.5 Å². The number of hydrogen-bond acceptors (Lipinski definition) is 5. The molecule has 4 rings (SSSR count). The highest BCUT2D eigenvalue weighted by atomic mass is 32.2. The fourth-order valence-electron chi connectivity index (χ4n) is 3.54. The van der Waals surface area contributed by atoms with E-state index in [0.29, 0.717) is 6.54 Å². The van der Waals surface area contributed by atoms with Crippen molar-refractivity contribution < 1.29 is 9.84 Å². The number of pyridine rings is 1. The summed E-state index contributed by atoms with van der Waals surface area (Å²) in [6.45, 7) is 3.71. The minimum atomic E-state index is -0.253. The quantitative estimate of drug-likeness (QED) is 0.668. The average Bonchev–Trinajstić information content (AvgIpc) is 3.27. The van der Waals surface area contributed by atoms with E-state index in [-0.39, 0.29) is 6.10 Å². The third kappa shape index (κ3) is 3.15. The fourth-order valence-corrected chi connectivity index (χ4v) is 4.24. The molecule has 0 bridgehead atoms. The Hall–Kier alpha value is -2.18. The molecule has 5 nitrogen and oxygen atoms in total. The van der Waals surface area contributed by atoms with Crippen molar-refractivity contribution in [2.24, 2.45) is 0 Å². The van der Waals surface area contributed by atoms with Gasteiger partial charge in [-0.2, -0.15) is 0 Å². The molecule has 2 N–H and O–H groups in total. The second kappa shape index (κ2) is 7.21. The van der Waals surface area contributed by atoms with Gasteiger partial charge in [0.05, 0.1) is 24.4 Å². The zero-order valence-corrected chi connectivity index (χ0v) is 15.8. The topological polar surface area (TPSA) is 61.4 Å². The molecule has 0 radical (unpaired) electrons. The highest BCUT2D eigenvalue weighted by Gasteiger charge is 2.23. The number of aliphatic hydroxyl groups is 1. The van der Waals surface area contributed by atoms with Crippen LogP contribution in [0.15, 0.2) is 41.4 Å². The highest BCUT2D eigenvalue weighted by molar-refractivity contribution is 7.99. The zero-order valence-electron chi connectivity index (χ0n) is 15.0. The number of nitrogens with one attached hydrogen (secondary N) is 1. The lowest BCUT2D eigenvalue weighted by molar-refractivity contribution is 0.198. The molecular weight excluding hydrogens is 346 g/mol. The van der Waals surface area contributed by atoms with Crippen LogP contribution in [0.2, 0.25) is 0 Å². The van der Waals surface area contributed by atoms with Gasteiger partial charge in [-0.15, -0.1) is 11.8 Å². The summed E-state index contributed by atoms with van der Waals surface area (Å²) in [5.41, 5.74) is 5.10. The number of ether oxygens (including phenoxy) is 1. The van der Waals surface area contributed by atoms with E-state index in [1.165, 1.54) is 4.90 Å². The summed E-state index contributed by atoms with van der Waals surface area (Å²) in [5, 5.41) is 9.96. The molecule has 136 valence electrons. The largest absolute Gasteiger partial charge is 0.494 e. The lowest BCUT2D eigenvalue weighted by Crippen LogP contribution is -2.21. The lowest BCUT2D eigenvalue weighted by atomic mass is 10.1. The summed E-state index contributed by atoms with van der Waals surface area (Å²) >= 11 is 1.83. The van der Waals surface area contributed by atoms with Crippen LogP contribution in [0.25, 0.3) is 22.3 Å². The Morgan fingerprint density at radius 2 is 2.23 bits per heavy atom. The van der Waals surface area contributed by atoms with Crippen LogP contribution in [-0.4, -0.2) is 47.1 Å². The van der Waals surface area contributed by atoms with Crippen LogP contribution in [0.3, 0.4) is 0 Å². The molecule has 3 aromatic rings. The molecule has 1 unspecified atom stereocenters. The molecule has 1 aromatic carbocycles. The molecule has 1 atom stereocenters. The fraction of sp³-hybridized carbons (Fsp3) is 0.350. The number of rotatable bonds is 5. The van der Waals surface area contributed by atoms with E-state index in [1.807, 2.05) is 17.8 Å². The summed E-state index contributed by atoms with van der Waals surface area (Å²) in [6.07, 6.45) is 2.32. The number of methoxy groups -OCH3 is 1. The Morgan fingerprint density at radius 3 is 2.96 bits per heavy atom. The maximum atomic E-state index is 9.96. The van der Waals surface area contributed by atoms with Gasteiger partial charge >= 0.3 is 0 Å². The summed E-state index contributed by atoms with van der Waals surface area (Å²) in [7, 11) is 1.67. The molecule has 1 aliphatic heterocycles. The van der Waals surface area contributed by atoms with Gasteiger partial charge in [-0.3, -0.25) is 4.98 Å². The summed E-state index contributed by atoms with van der Waals surface area (Å²) < 4.78 is 5.46. The molecule has 0 saturated carbocycles. The first-order valence-electron chi connectivity index (χ1n) is 8.91. The number of aliphatic hydroxyl groups excluding tert-OH is 1. The van der Waals surface area contributed by atoms with E-state index in [9.17, 15) is 5.11 Å². The summed E-state index contributed by atoms with van der Waals surface area (Å²) in [4.78, 5) is 11.5. The third-order valence-corrected chi connectivity index (χ3v) is 5.65. The molecule has 0 amide bonds. The van der Waals surface area contributed by atoms with Crippen LogP contribution in [0.4, 0.5) is 5.69 Å². The molecule has 0 aliphatic carbocycles. The van der Waals surface area contributed by atoms with Gasteiger partial charge in [0, 0.05) is 41.5 Å². The van der Waals surface area contributed by atoms with Crippen molar-refractivity contribution in [2.75, 3.05) is 30.9 Å². The van der Waals surface area contributed by atoms with E-state index in [1.54, 1.807) is 13.3 Å². The van der Waals surface area contributed by atoms with Crippen molar-refractivity contribution in [2.45, 2.75) is 24.3 Å². The second-order valence-corrected chi connectivity index (χ2v) is 7.79. The minimum absolute atomic E-state index is 0.253. The molecule has 1 fully saturated rings. The van der Waals surface area contributed by atoms with E-state index in [4.69, 9.17) is 4.74 Å². The third-order valence-electron chi connectivity index (χ3n) is 4.78. The molecule has 6 heteroatoms. The Labute approximate surface area is 157 Å². The number of hydrogen-bond donors (Lipinski definition) is 2. The molecule has 2 aromatic heterocycles. The number of nitrogens with zero attached hydrogens (tertiary/aromatic N) is 2. The first kappa shape index (κ1) is 17.2. The number of β-amino-alcohol motifs (C(OH)–C–C–N with tert-alkyl or cyclic N) is 1. The first-order valence-corrected chi connectivity index (χ1v) is 9.90. The van der Waals surface area contributed by atoms with Crippen LogP contribution in [0.1, 0.15) is 13.3 Å². The number of aromatic nitrogens is 2. The molecule has 1 saturated heterocycles. The van der Waals surface area contributed by atoms with Gasteiger partial charge in [0.25, 0.3) is 0 Å². The molecule has 0 spiro atoms. The van der Waals surface area contributed by atoms with Crippen LogP contribution in [0, 0.1) is 0 Å². The minimum Gasteiger partial charge on any atom is -0.494 e. The molecule has 3 heterocycles. The normalized spacial score (nSPS) is 17.2. The van der Waals surface area contributed by atoms with Gasteiger partial charge in [-0.05, 0) is 36.4 Å². The first-order chi connectivity index (χ1) is 12.7. The van der Waals surface area contributed by atoms with Crippen LogP contribution < -0.4 is 9.64 Å². The van der Waals surface area contributed by atoms with Crippen LogP contribution in [-0.2, 0) is 0 Å². The number of aromatic amines is 1. The predicted octanol–water partition coefficient (Wildman–Crippen LogP) is 3.92. The van der Waals surface area contributed by atoms with E-state index in [0.717, 1.165) is 52.4 Å². The van der Waals surface area contributed by atoms with Gasteiger partial charge in [-0.25, -0.2) is 0 Å². The van der Waals surface area contributed by atoms with Crippen LogP contribution in [0.5, 0.6) is 5.75 Å². The van der Waals surface area contributed by atoms with Gasteiger partial charge in [0.2, 0.25) is 0 Å². The zero-order chi connectivity index (χ0) is 18.1. The smallest absolute Gasteiger partial charge is 0.146 e. The monoisotopic (exact) mass is 369 g/mol. The van der Waals surface area contributed by atoms with Gasteiger partial charge in [0.1, 0.15) is 11.3 Å². The second-order valence-electron chi connectivity index (χ2n) is 6.46. The van der Waals surface area contributed by atoms with Gasteiger partial charge < -0.3 is 19.7 Å². The number of fused-ring (bicyclic) bond motifs is 1. The number of benzene rings is 1. The number of H-pyrrole nitrogens is 1. The van der Waals surface area contributed by atoms with Gasteiger partial charge in [0.15, 0.2) is 0 Å². The maximum Gasteiger partial charge on any atom is 0.146 e. The Balaban J connectivity index is 1.84. The van der Waals surface area contributed by atoms with E-state index >= 15 is 0 Å². The summed E-state index contributed by atoms with van der Waals surface area (Å²) in [6, 6.07) is 10.5. The molecule has 26 heavy (non-hydrogen) atoms. The maximum absolute atomic E-state index is 9.96. The number of thioether (sulfide) groups is 1. The van der Waals surface area contributed by atoms with Crippen molar-refractivity contribution in [1.82, 2.24) is 9.97 Å². The van der Waals surface area contributed by atoms with Crippen molar-refractivity contribution in [3.63, 3.8) is 0 Å². The van der Waals surface area contributed by atoms with Crippen LogP contribution >= 0.6 is 11.8 Å². The number of anilines is 1. The van der Waals surface area contributed by atoms with E-state index < -0.39 is 0 Å². The van der Waals surface area contributed by atoms with Crippen molar-refractivity contribution in [3.8, 4) is 17.0 Å². The average molecular weight is 369 g/mol. The lowest BCUT2D eigenvalue weighted by Gasteiger charge is -2.22. The SMILES string of the molecule is CCSc1ccc(N2CCC(O)C2)c(-c2cc3nccc(OC)c3[nH]2)c1. The predicted molar refractivity (Wildman–Crippen MR) is 107 cm³/mol. The van der Waals surface area contributed by atoms with Crippen molar-refractivity contribution in [1.29, 1.82) is 0 Å². The summed E-state index contributed by atoms with van der Waals surface area (Å²) in [5.74, 6) is 1.82. The Bertz CT molecular complexity index is 925. The molecule has 1 aliphatic rings. The standard InChI is InChI=1S/C20H23N3O2S/c1-3-26-14-4-5-18(23-9-7-13(24)12-23)15(10-14)16-11-17-20(22-16)19(25-2)6-8-21-17/h4-6,8,10-11,13,22,24H,3,7,9,12H2,1-2H3. The van der Waals surface area contributed by atoms with Gasteiger partial charge in [-0.1, -0.05) is 6.92 Å². The Morgan fingerprint density at radius 1 is 1.35 bits per heavy atom. The highest BCUT2D eigenvalue weighted by Crippen LogP contribution is 2.38. The molecular formula is C20H23N3O2S. The van der Waals surface area contributed by atoms with Crippen molar-refractivity contribution >= 4 is 28.5 Å².